The zero-order valence-electron chi connectivity index (χ0n) is 11.0. The second-order valence-electron chi connectivity index (χ2n) is 4.43. The standard InChI is InChI=1S/C13H12N4O3S/c1-2-10(18-5-1)9-3-4-11-14-15-13(17(11)16-9)21-8-12-19-6-7-20-12/h1-5,12H,6-8H2. The summed E-state index contributed by atoms with van der Waals surface area (Å²) >= 11 is 1.51. The molecule has 1 aliphatic heterocycles. The lowest BCUT2D eigenvalue weighted by Gasteiger charge is -2.06. The van der Waals surface area contributed by atoms with Crippen molar-refractivity contribution in [2.24, 2.45) is 0 Å². The molecule has 0 aliphatic carbocycles. The average Bonchev–Trinajstić information content (AvgIpc) is 3.25. The molecule has 0 radical (unpaired) electrons. The van der Waals surface area contributed by atoms with Crippen molar-refractivity contribution in [2.45, 2.75) is 11.4 Å². The Bertz CT molecular complexity index is 737. The van der Waals surface area contributed by atoms with Gasteiger partial charge in [-0.1, -0.05) is 11.8 Å². The highest BCUT2D eigenvalue weighted by molar-refractivity contribution is 7.99. The van der Waals surface area contributed by atoms with E-state index in [9.17, 15) is 0 Å². The first-order valence-electron chi connectivity index (χ1n) is 6.52. The number of aromatic nitrogens is 4. The second-order valence-corrected chi connectivity index (χ2v) is 5.42. The predicted octanol–water partition coefficient (Wildman–Crippen LogP) is 1.85. The highest BCUT2D eigenvalue weighted by atomic mass is 32.2. The highest BCUT2D eigenvalue weighted by Gasteiger charge is 2.18. The molecule has 0 atom stereocenters. The van der Waals surface area contributed by atoms with Crippen molar-refractivity contribution in [2.75, 3.05) is 19.0 Å². The summed E-state index contributed by atoms with van der Waals surface area (Å²) in [7, 11) is 0. The van der Waals surface area contributed by atoms with Gasteiger partial charge in [-0.25, -0.2) is 0 Å². The van der Waals surface area contributed by atoms with E-state index in [0.717, 1.165) is 5.69 Å². The van der Waals surface area contributed by atoms with E-state index in [-0.39, 0.29) is 6.29 Å². The van der Waals surface area contributed by atoms with Gasteiger partial charge in [0.1, 0.15) is 5.69 Å². The number of rotatable bonds is 4. The summed E-state index contributed by atoms with van der Waals surface area (Å²) in [6.07, 6.45) is 1.44. The van der Waals surface area contributed by atoms with Crippen LogP contribution in [0.1, 0.15) is 0 Å². The maximum Gasteiger partial charge on any atom is 0.212 e. The largest absolute Gasteiger partial charge is 0.463 e. The number of hydrogen-bond donors (Lipinski definition) is 0. The van der Waals surface area contributed by atoms with Crippen LogP contribution in [0.3, 0.4) is 0 Å². The summed E-state index contributed by atoms with van der Waals surface area (Å²) in [4.78, 5) is 0. The molecule has 0 N–H and O–H groups in total. The lowest BCUT2D eigenvalue weighted by Crippen LogP contribution is -2.11. The minimum atomic E-state index is -0.185. The Morgan fingerprint density at radius 3 is 2.90 bits per heavy atom. The molecular weight excluding hydrogens is 292 g/mol. The molecule has 8 heteroatoms. The maximum atomic E-state index is 5.41. The van der Waals surface area contributed by atoms with Gasteiger partial charge in [-0.15, -0.1) is 10.2 Å². The van der Waals surface area contributed by atoms with Gasteiger partial charge in [-0.05, 0) is 24.3 Å². The molecule has 1 saturated heterocycles. The lowest BCUT2D eigenvalue weighted by atomic mass is 10.3. The van der Waals surface area contributed by atoms with Gasteiger partial charge in [0.05, 0.1) is 25.2 Å². The van der Waals surface area contributed by atoms with Gasteiger partial charge in [-0.2, -0.15) is 9.61 Å². The summed E-state index contributed by atoms with van der Waals surface area (Å²) in [5.74, 6) is 1.37. The molecular formula is C13H12N4O3S. The summed E-state index contributed by atoms with van der Waals surface area (Å²) in [6.45, 7) is 1.29. The molecule has 1 aliphatic rings. The quantitative estimate of drug-likeness (QED) is 0.681. The normalized spacial score (nSPS) is 16.0. The van der Waals surface area contributed by atoms with E-state index in [1.807, 2.05) is 24.3 Å². The SMILES string of the molecule is c1coc(-c2ccc3nnc(SCC4OCCO4)n3n2)c1. The summed E-state index contributed by atoms with van der Waals surface area (Å²) in [5, 5.41) is 13.5. The van der Waals surface area contributed by atoms with Crippen molar-refractivity contribution in [3.05, 3.63) is 30.5 Å². The number of nitrogens with zero attached hydrogens (tertiary/aromatic N) is 4. The first-order valence-corrected chi connectivity index (χ1v) is 7.51. The minimum absolute atomic E-state index is 0.185. The molecule has 0 aromatic carbocycles. The van der Waals surface area contributed by atoms with Gasteiger partial charge in [0.15, 0.2) is 17.7 Å². The fraction of sp³-hybridized carbons (Fsp3) is 0.308. The predicted molar refractivity (Wildman–Crippen MR) is 74.9 cm³/mol. The number of thioether (sulfide) groups is 1. The number of fused-ring (bicyclic) bond motifs is 1. The Hall–Kier alpha value is -1.90. The number of ether oxygens (including phenoxy) is 2. The first-order chi connectivity index (χ1) is 10.4. The summed E-state index contributed by atoms with van der Waals surface area (Å²) in [6, 6.07) is 7.42. The molecule has 4 heterocycles. The van der Waals surface area contributed by atoms with Gasteiger partial charge in [0.25, 0.3) is 0 Å². The van der Waals surface area contributed by atoms with Gasteiger partial charge in [0.2, 0.25) is 5.16 Å². The Labute approximate surface area is 124 Å². The van der Waals surface area contributed by atoms with Crippen LogP contribution in [0, 0.1) is 0 Å². The molecule has 0 saturated carbocycles. The molecule has 108 valence electrons. The van der Waals surface area contributed by atoms with Crippen molar-refractivity contribution < 1.29 is 13.9 Å². The van der Waals surface area contributed by atoms with Crippen LogP contribution in [-0.4, -0.2) is 45.1 Å². The molecule has 0 unspecified atom stereocenters. The second kappa shape index (κ2) is 5.47. The third kappa shape index (κ3) is 2.53. The molecule has 0 amide bonds. The van der Waals surface area contributed by atoms with E-state index in [0.29, 0.717) is 35.5 Å². The molecule has 3 aromatic rings. The fourth-order valence-corrected chi connectivity index (χ4v) is 2.89. The summed E-state index contributed by atoms with van der Waals surface area (Å²) in [5.41, 5.74) is 1.43. The Morgan fingerprint density at radius 2 is 2.10 bits per heavy atom. The minimum Gasteiger partial charge on any atom is -0.463 e. The lowest BCUT2D eigenvalue weighted by molar-refractivity contribution is -0.0215. The molecule has 3 aromatic heterocycles. The Balaban J connectivity index is 1.61. The van der Waals surface area contributed by atoms with Crippen molar-refractivity contribution in [1.29, 1.82) is 0 Å². The van der Waals surface area contributed by atoms with Crippen LogP contribution in [0.5, 0.6) is 0 Å². The zero-order valence-corrected chi connectivity index (χ0v) is 11.8. The maximum absolute atomic E-state index is 5.41. The van der Waals surface area contributed by atoms with Crippen LogP contribution in [0.15, 0.2) is 40.1 Å². The molecule has 4 rings (SSSR count). The van der Waals surface area contributed by atoms with Crippen LogP contribution in [-0.2, 0) is 9.47 Å². The number of furan rings is 1. The molecule has 0 spiro atoms. The Kier molecular flexibility index (Phi) is 3.34. The van der Waals surface area contributed by atoms with Crippen LogP contribution in [0.2, 0.25) is 0 Å². The van der Waals surface area contributed by atoms with Crippen LogP contribution in [0.4, 0.5) is 0 Å². The van der Waals surface area contributed by atoms with Gasteiger partial charge in [0, 0.05) is 0 Å². The van der Waals surface area contributed by atoms with E-state index in [4.69, 9.17) is 13.9 Å². The van der Waals surface area contributed by atoms with E-state index in [1.165, 1.54) is 11.8 Å². The van der Waals surface area contributed by atoms with Crippen molar-refractivity contribution >= 4 is 17.4 Å². The van der Waals surface area contributed by atoms with Crippen LogP contribution < -0.4 is 0 Å². The van der Waals surface area contributed by atoms with Crippen molar-refractivity contribution in [3.8, 4) is 11.5 Å². The average molecular weight is 304 g/mol. The fourth-order valence-electron chi connectivity index (χ4n) is 2.06. The van der Waals surface area contributed by atoms with E-state index in [1.54, 1.807) is 10.8 Å². The molecule has 7 nitrogen and oxygen atoms in total. The van der Waals surface area contributed by atoms with E-state index < -0.39 is 0 Å². The third-order valence-corrected chi connectivity index (χ3v) is 4.00. The van der Waals surface area contributed by atoms with Gasteiger partial charge < -0.3 is 13.9 Å². The van der Waals surface area contributed by atoms with Gasteiger partial charge in [-0.3, -0.25) is 0 Å². The van der Waals surface area contributed by atoms with Crippen LogP contribution >= 0.6 is 11.8 Å². The third-order valence-electron chi connectivity index (χ3n) is 3.05. The first kappa shape index (κ1) is 12.8. The highest BCUT2D eigenvalue weighted by Crippen LogP contribution is 2.22. The number of hydrogen-bond acceptors (Lipinski definition) is 7. The van der Waals surface area contributed by atoms with Crippen LogP contribution in [0.25, 0.3) is 17.1 Å². The van der Waals surface area contributed by atoms with Crippen molar-refractivity contribution in [1.82, 2.24) is 19.8 Å². The monoisotopic (exact) mass is 304 g/mol. The molecule has 21 heavy (non-hydrogen) atoms. The summed E-state index contributed by atoms with van der Waals surface area (Å²) < 4.78 is 17.9. The zero-order chi connectivity index (χ0) is 14.1. The van der Waals surface area contributed by atoms with Gasteiger partial charge >= 0.3 is 0 Å². The van der Waals surface area contributed by atoms with E-state index >= 15 is 0 Å². The van der Waals surface area contributed by atoms with Crippen molar-refractivity contribution in [3.63, 3.8) is 0 Å². The molecule has 0 bridgehead atoms. The molecule has 1 fully saturated rings. The Morgan fingerprint density at radius 1 is 1.19 bits per heavy atom. The van der Waals surface area contributed by atoms with E-state index in [2.05, 4.69) is 15.3 Å². The smallest absolute Gasteiger partial charge is 0.212 e. The topological polar surface area (TPSA) is 74.7 Å².